The summed E-state index contributed by atoms with van der Waals surface area (Å²) in [6.45, 7) is 10.7. The van der Waals surface area contributed by atoms with Gasteiger partial charge in [0.15, 0.2) is 0 Å². The lowest BCUT2D eigenvalue weighted by Gasteiger charge is -2.26. The predicted molar refractivity (Wildman–Crippen MR) is 102 cm³/mol. The van der Waals surface area contributed by atoms with Gasteiger partial charge in [0, 0.05) is 9.99 Å². The van der Waals surface area contributed by atoms with E-state index in [2.05, 4.69) is 27.9 Å². The maximum atomic E-state index is 12.4. The Morgan fingerprint density at radius 3 is 1.96 bits per heavy atom. The molecule has 0 aliphatic rings. The van der Waals surface area contributed by atoms with Crippen LogP contribution in [0.4, 0.5) is 4.79 Å². The molecule has 0 spiro atoms. The summed E-state index contributed by atoms with van der Waals surface area (Å²) in [6.07, 6.45) is -0.297. The minimum Gasteiger partial charge on any atom is -0.458 e. The van der Waals surface area contributed by atoms with Crippen LogP contribution in [0.5, 0.6) is 0 Å². The van der Waals surface area contributed by atoms with Gasteiger partial charge < -0.3 is 14.8 Å². The number of carbonyl (C=O) groups excluding carboxylic acids is 2. The van der Waals surface area contributed by atoms with Crippen LogP contribution in [0.25, 0.3) is 0 Å². The van der Waals surface area contributed by atoms with Crippen LogP contribution < -0.4 is 5.32 Å². The van der Waals surface area contributed by atoms with Crippen molar-refractivity contribution >= 4 is 34.7 Å². The number of halogens is 1. The van der Waals surface area contributed by atoms with Crippen molar-refractivity contribution in [2.75, 3.05) is 0 Å². The average Bonchev–Trinajstić information content (AvgIpc) is 2.36. The SMILES string of the molecule is CC(C)(C)OC(=O)NC(Cc1ccc(I)cc1)C(=O)OC(C)(C)C. The van der Waals surface area contributed by atoms with Gasteiger partial charge in [-0.25, -0.2) is 9.59 Å². The zero-order valence-electron chi connectivity index (χ0n) is 15.1. The van der Waals surface area contributed by atoms with E-state index in [0.29, 0.717) is 6.42 Å². The molecular formula is C18H26INO4. The van der Waals surface area contributed by atoms with Crippen LogP contribution in [-0.4, -0.2) is 29.3 Å². The van der Waals surface area contributed by atoms with Crippen LogP contribution in [0.2, 0.25) is 0 Å². The van der Waals surface area contributed by atoms with Gasteiger partial charge in [0.25, 0.3) is 0 Å². The number of hydrogen-bond acceptors (Lipinski definition) is 4. The number of benzene rings is 1. The lowest BCUT2D eigenvalue weighted by Crippen LogP contribution is -2.47. The van der Waals surface area contributed by atoms with E-state index in [-0.39, 0.29) is 0 Å². The van der Waals surface area contributed by atoms with E-state index >= 15 is 0 Å². The lowest BCUT2D eigenvalue weighted by molar-refractivity contribution is -0.157. The highest BCUT2D eigenvalue weighted by Gasteiger charge is 2.28. The van der Waals surface area contributed by atoms with Crippen LogP contribution >= 0.6 is 22.6 Å². The Hall–Kier alpha value is -1.31. The molecule has 5 nitrogen and oxygen atoms in total. The largest absolute Gasteiger partial charge is 0.458 e. The van der Waals surface area contributed by atoms with Crippen LogP contribution in [0.3, 0.4) is 0 Å². The molecule has 0 bridgehead atoms. The third-order valence-electron chi connectivity index (χ3n) is 2.74. The maximum Gasteiger partial charge on any atom is 0.408 e. The van der Waals surface area contributed by atoms with Gasteiger partial charge in [0.1, 0.15) is 17.2 Å². The Kier molecular flexibility index (Phi) is 7.07. The van der Waals surface area contributed by atoms with E-state index in [1.165, 1.54) is 0 Å². The fourth-order valence-electron chi connectivity index (χ4n) is 1.87. The summed E-state index contributed by atoms with van der Waals surface area (Å²) in [5, 5.41) is 2.62. The maximum absolute atomic E-state index is 12.4. The molecule has 134 valence electrons. The molecule has 0 saturated heterocycles. The summed E-state index contributed by atoms with van der Waals surface area (Å²) in [5.74, 6) is -0.480. The van der Waals surface area contributed by atoms with Gasteiger partial charge >= 0.3 is 12.1 Å². The molecule has 1 aromatic rings. The Labute approximate surface area is 157 Å². The second kappa shape index (κ2) is 8.18. The first-order chi connectivity index (χ1) is 10.9. The quantitative estimate of drug-likeness (QED) is 0.559. The Morgan fingerprint density at radius 2 is 1.50 bits per heavy atom. The van der Waals surface area contributed by atoms with Crippen LogP contribution in [-0.2, 0) is 20.7 Å². The number of amides is 1. The molecule has 24 heavy (non-hydrogen) atoms. The summed E-state index contributed by atoms with van der Waals surface area (Å²) in [4.78, 5) is 24.5. The van der Waals surface area contributed by atoms with E-state index in [1.54, 1.807) is 41.5 Å². The topological polar surface area (TPSA) is 64.6 Å². The highest BCUT2D eigenvalue weighted by Crippen LogP contribution is 2.14. The molecule has 0 aliphatic heterocycles. The molecule has 0 radical (unpaired) electrons. The first-order valence-electron chi connectivity index (χ1n) is 7.82. The van der Waals surface area contributed by atoms with Crippen molar-refractivity contribution in [3.8, 4) is 0 Å². The lowest BCUT2D eigenvalue weighted by atomic mass is 10.1. The number of rotatable bonds is 4. The fraction of sp³-hybridized carbons (Fsp3) is 0.556. The smallest absolute Gasteiger partial charge is 0.408 e. The zero-order valence-corrected chi connectivity index (χ0v) is 17.3. The Balaban J connectivity index is 2.88. The Bertz CT molecular complexity index is 570. The summed E-state index contributed by atoms with van der Waals surface area (Å²) < 4.78 is 11.8. The number of hydrogen-bond donors (Lipinski definition) is 1. The molecule has 1 unspecified atom stereocenters. The molecule has 1 atom stereocenters. The first kappa shape index (κ1) is 20.7. The van der Waals surface area contributed by atoms with Crippen LogP contribution in [0, 0.1) is 3.57 Å². The van der Waals surface area contributed by atoms with E-state index in [1.807, 2.05) is 24.3 Å². The molecule has 0 saturated carbocycles. The molecule has 0 aromatic heterocycles. The summed E-state index contributed by atoms with van der Waals surface area (Å²) >= 11 is 2.21. The molecule has 1 amide bonds. The first-order valence-corrected chi connectivity index (χ1v) is 8.90. The summed E-state index contributed by atoms with van der Waals surface area (Å²) in [5.41, 5.74) is -0.329. The monoisotopic (exact) mass is 447 g/mol. The average molecular weight is 447 g/mol. The van der Waals surface area contributed by atoms with Crippen molar-refractivity contribution in [3.63, 3.8) is 0 Å². The highest BCUT2D eigenvalue weighted by molar-refractivity contribution is 14.1. The van der Waals surface area contributed by atoms with Gasteiger partial charge in [0.2, 0.25) is 0 Å². The molecule has 0 aliphatic carbocycles. The van der Waals surface area contributed by atoms with Crippen molar-refractivity contribution in [1.82, 2.24) is 5.32 Å². The van der Waals surface area contributed by atoms with Gasteiger partial charge in [-0.05, 0) is 81.8 Å². The number of carbonyl (C=O) groups is 2. The van der Waals surface area contributed by atoms with Gasteiger partial charge in [-0.1, -0.05) is 12.1 Å². The molecule has 1 aromatic carbocycles. The molecule has 6 heteroatoms. The van der Waals surface area contributed by atoms with Gasteiger partial charge in [0.05, 0.1) is 0 Å². The van der Waals surface area contributed by atoms with Crippen molar-refractivity contribution < 1.29 is 19.1 Å². The number of ether oxygens (including phenoxy) is 2. The third kappa shape index (κ3) is 8.52. The second-order valence-corrected chi connectivity index (χ2v) is 8.81. The zero-order chi connectivity index (χ0) is 18.5. The molecule has 1 rings (SSSR count). The number of nitrogens with one attached hydrogen (secondary N) is 1. The summed E-state index contributed by atoms with van der Waals surface area (Å²) in [7, 11) is 0. The van der Waals surface area contributed by atoms with E-state index in [9.17, 15) is 9.59 Å². The highest BCUT2D eigenvalue weighted by atomic mass is 127. The standard InChI is InChI=1S/C18H26INO4/c1-17(2,3)23-15(21)14(20-16(22)24-18(4,5)6)11-12-7-9-13(19)10-8-12/h7-10,14H,11H2,1-6H3,(H,20,22). The Morgan fingerprint density at radius 1 is 1.00 bits per heavy atom. The molecular weight excluding hydrogens is 421 g/mol. The normalized spacial score (nSPS) is 13.1. The number of alkyl carbamates (subject to hydrolysis) is 1. The van der Waals surface area contributed by atoms with E-state index in [4.69, 9.17) is 9.47 Å². The minimum atomic E-state index is -0.806. The molecule has 0 heterocycles. The van der Waals surface area contributed by atoms with Gasteiger partial charge in [-0.15, -0.1) is 0 Å². The minimum absolute atomic E-state index is 0.338. The van der Waals surface area contributed by atoms with Gasteiger partial charge in [-0.2, -0.15) is 0 Å². The third-order valence-corrected chi connectivity index (χ3v) is 3.45. The summed E-state index contributed by atoms with van der Waals surface area (Å²) in [6, 6.07) is 6.95. The molecule has 1 N–H and O–H groups in total. The van der Waals surface area contributed by atoms with Crippen molar-refractivity contribution in [3.05, 3.63) is 33.4 Å². The van der Waals surface area contributed by atoms with Crippen molar-refractivity contribution in [2.45, 2.75) is 65.2 Å². The van der Waals surface area contributed by atoms with E-state index in [0.717, 1.165) is 9.13 Å². The van der Waals surface area contributed by atoms with Gasteiger partial charge in [-0.3, -0.25) is 0 Å². The fourth-order valence-corrected chi connectivity index (χ4v) is 2.23. The van der Waals surface area contributed by atoms with Crippen molar-refractivity contribution in [2.24, 2.45) is 0 Å². The second-order valence-electron chi connectivity index (χ2n) is 7.56. The van der Waals surface area contributed by atoms with Crippen LogP contribution in [0.1, 0.15) is 47.1 Å². The van der Waals surface area contributed by atoms with E-state index < -0.39 is 29.3 Å². The number of esters is 1. The van der Waals surface area contributed by atoms with Crippen LogP contribution in [0.15, 0.2) is 24.3 Å². The predicted octanol–water partition coefficient (Wildman–Crippen LogP) is 4.07. The van der Waals surface area contributed by atoms with Crippen molar-refractivity contribution in [1.29, 1.82) is 0 Å². The molecule has 0 fully saturated rings.